The summed E-state index contributed by atoms with van der Waals surface area (Å²) in [6.45, 7) is -3.85. The number of nitrogens with zero attached hydrogens (tertiary/aromatic N) is 2. The van der Waals surface area contributed by atoms with Crippen LogP contribution in [0.25, 0.3) is 0 Å². The van der Waals surface area contributed by atoms with Gasteiger partial charge >= 0.3 is 18.9 Å². The minimum atomic E-state index is -4.31. The molecule has 5 nitrogen and oxygen atoms in total. The number of carboxylic acid groups (broad SMARTS) is 1. The van der Waals surface area contributed by atoms with Gasteiger partial charge in [-0.2, -0.15) is 22.0 Å². The van der Waals surface area contributed by atoms with Crippen molar-refractivity contribution in [3.05, 3.63) is 0 Å². The van der Waals surface area contributed by atoms with Gasteiger partial charge in [0.25, 0.3) is 0 Å². The van der Waals surface area contributed by atoms with Crippen LogP contribution in [-0.2, 0) is 4.74 Å². The van der Waals surface area contributed by atoms with Crippen molar-refractivity contribution in [2.24, 2.45) is 0 Å². The van der Waals surface area contributed by atoms with E-state index in [0.717, 1.165) is 4.90 Å². The second kappa shape index (κ2) is 7.02. The summed E-state index contributed by atoms with van der Waals surface area (Å²) < 4.78 is 64.3. The second-order valence-corrected chi connectivity index (χ2v) is 4.39. The van der Waals surface area contributed by atoms with E-state index in [-0.39, 0.29) is 26.2 Å². The fourth-order valence-corrected chi connectivity index (χ4v) is 1.99. The molecule has 1 atom stereocenters. The smallest absolute Gasteiger partial charge is 0.407 e. The molecule has 1 heterocycles. The predicted molar refractivity (Wildman–Crippen MR) is 57.6 cm³/mol. The molecule has 118 valence electrons. The highest BCUT2D eigenvalue weighted by Gasteiger charge is 2.33. The maximum absolute atomic E-state index is 12.1. The van der Waals surface area contributed by atoms with Crippen molar-refractivity contribution in [1.82, 2.24) is 9.80 Å². The topological polar surface area (TPSA) is 53.0 Å². The third-order valence-electron chi connectivity index (χ3n) is 2.94. The van der Waals surface area contributed by atoms with E-state index in [1.807, 2.05) is 0 Å². The molecule has 0 aromatic rings. The largest absolute Gasteiger partial charge is 0.465 e. The Kier molecular flexibility index (Phi) is 5.93. The lowest BCUT2D eigenvalue weighted by atomic mass is 10.2. The molecule has 1 aliphatic rings. The van der Waals surface area contributed by atoms with Gasteiger partial charge in [0.2, 0.25) is 0 Å². The third kappa shape index (κ3) is 5.87. The Morgan fingerprint density at radius 2 is 2.00 bits per heavy atom. The van der Waals surface area contributed by atoms with Gasteiger partial charge in [0.05, 0.1) is 19.1 Å². The molecule has 0 bridgehead atoms. The summed E-state index contributed by atoms with van der Waals surface area (Å²) in [5.74, 6) is 0. The van der Waals surface area contributed by atoms with Crippen molar-refractivity contribution in [1.29, 1.82) is 0 Å². The van der Waals surface area contributed by atoms with Crippen LogP contribution < -0.4 is 0 Å². The van der Waals surface area contributed by atoms with Crippen molar-refractivity contribution in [3.63, 3.8) is 0 Å². The monoisotopic (exact) mass is 306 g/mol. The number of hydrogen-bond donors (Lipinski definition) is 1. The normalized spacial score (nSPS) is 21.5. The fourth-order valence-electron chi connectivity index (χ4n) is 1.99. The quantitative estimate of drug-likeness (QED) is 0.788. The summed E-state index contributed by atoms with van der Waals surface area (Å²) in [6.07, 6.45) is -6.63. The highest BCUT2D eigenvalue weighted by atomic mass is 19.4. The van der Waals surface area contributed by atoms with Crippen LogP contribution in [0.3, 0.4) is 0 Å². The number of halogens is 5. The molecule has 0 aliphatic carbocycles. The highest BCUT2D eigenvalue weighted by Crippen LogP contribution is 2.21. The standard InChI is InChI=1S/C10H15F5N2O3/c11-8(12)20-6-7-5-16(2-1-10(13,14)15)3-4-17(7)9(18)19/h7-8H,1-6H2,(H,18,19). The van der Waals surface area contributed by atoms with Crippen LogP contribution in [-0.4, -0.2) is 72.6 Å². The van der Waals surface area contributed by atoms with E-state index in [2.05, 4.69) is 4.74 Å². The van der Waals surface area contributed by atoms with Crippen LogP contribution in [0.4, 0.5) is 26.7 Å². The maximum atomic E-state index is 12.1. The van der Waals surface area contributed by atoms with Gasteiger partial charge in [-0.3, -0.25) is 4.90 Å². The van der Waals surface area contributed by atoms with Crippen LogP contribution in [0.5, 0.6) is 0 Å². The van der Waals surface area contributed by atoms with Crippen LogP contribution in [0.15, 0.2) is 0 Å². The summed E-state index contributed by atoms with van der Waals surface area (Å²) in [5, 5.41) is 8.90. The summed E-state index contributed by atoms with van der Waals surface area (Å²) in [5.41, 5.74) is 0. The van der Waals surface area contributed by atoms with E-state index in [0.29, 0.717) is 0 Å². The van der Waals surface area contributed by atoms with Crippen molar-refractivity contribution < 1.29 is 36.6 Å². The number of alkyl halides is 5. The van der Waals surface area contributed by atoms with E-state index < -0.39 is 38.0 Å². The molecule has 0 aromatic carbocycles. The first-order valence-corrected chi connectivity index (χ1v) is 5.87. The molecule has 10 heteroatoms. The van der Waals surface area contributed by atoms with Crippen molar-refractivity contribution in [3.8, 4) is 0 Å². The molecule has 1 saturated heterocycles. The first-order chi connectivity index (χ1) is 9.19. The summed E-state index contributed by atoms with van der Waals surface area (Å²) in [7, 11) is 0. The van der Waals surface area contributed by atoms with E-state index in [4.69, 9.17) is 5.11 Å². The first-order valence-electron chi connectivity index (χ1n) is 5.87. The van der Waals surface area contributed by atoms with Gasteiger partial charge in [0.15, 0.2) is 0 Å². The Balaban J connectivity index is 2.53. The van der Waals surface area contributed by atoms with Gasteiger partial charge in [-0.05, 0) is 0 Å². The van der Waals surface area contributed by atoms with Gasteiger partial charge in [-0.15, -0.1) is 0 Å². The molecule has 20 heavy (non-hydrogen) atoms. The van der Waals surface area contributed by atoms with E-state index >= 15 is 0 Å². The molecule has 1 N–H and O–H groups in total. The molecule has 1 rings (SSSR count). The van der Waals surface area contributed by atoms with Gasteiger partial charge in [-0.25, -0.2) is 4.79 Å². The van der Waals surface area contributed by atoms with Crippen LogP contribution >= 0.6 is 0 Å². The lowest BCUT2D eigenvalue weighted by Crippen LogP contribution is -2.57. The number of amides is 1. The molecule has 0 spiro atoms. The number of ether oxygens (including phenoxy) is 1. The highest BCUT2D eigenvalue weighted by molar-refractivity contribution is 5.65. The Morgan fingerprint density at radius 3 is 2.50 bits per heavy atom. The van der Waals surface area contributed by atoms with Gasteiger partial charge < -0.3 is 14.7 Å². The lowest BCUT2D eigenvalue weighted by molar-refractivity contribution is -0.149. The van der Waals surface area contributed by atoms with Crippen LogP contribution in [0, 0.1) is 0 Å². The Bertz CT molecular complexity index is 327. The molecular formula is C10H15F5N2O3. The number of rotatable bonds is 5. The van der Waals surface area contributed by atoms with E-state index in [1.165, 1.54) is 4.90 Å². The molecule has 0 radical (unpaired) electrons. The van der Waals surface area contributed by atoms with Gasteiger partial charge in [-0.1, -0.05) is 0 Å². The van der Waals surface area contributed by atoms with Crippen molar-refractivity contribution in [2.75, 3.05) is 32.8 Å². The zero-order valence-corrected chi connectivity index (χ0v) is 10.4. The summed E-state index contributed by atoms with van der Waals surface area (Å²) >= 11 is 0. The minimum Gasteiger partial charge on any atom is -0.465 e. The molecule has 1 amide bonds. The molecule has 0 saturated carbocycles. The Labute approximate surface area is 111 Å². The maximum Gasteiger partial charge on any atom is 0.407 e. The number of hydrogen-bond acceptors (Lipinski definition) is 3. The molecular weight excluding hydrogens is 291 g/mol. The van der Waals surface area contributed by atoms with E-state index in [9.17, 15) is 26.7 Å². The first kappa shape index (κ1) is 16.9. The number of piperazine rings is 1. The zero-order chi connectivity index (χ0) is 15.3. The molecule has 0 aromatic heterocycles. The van der Waals surface area contributed by atoms with Crippen LogP contribution in [0.1, 0.15) is 6.42 Å². The SMILES string of the molecule is O=C(O)N1CCN(CCC(F)(F)F)CC1COC(F)F. The summed E-state index contributed by atoms with van der Waals surface area (Å²) in [6, 6.07) is -0.900. The average Bonchev–Trinajstić information content (AvgIpc) is 2.32. The van der Waals surface area contributed by atoms with Crippen molar-refractivity contribution in [2.45, 2.75) is 25.3 Å². The van der Waals surface area contributed by atoms with Crippen LogP contribution in [0.2, 0.25) is 0 Å². The summed E-state index contributed by atoms with van der Waals surface area (Å²) in [4.78, 5) is 13.2. The lowest BCUT2D eigenvalue weighted by Gasteiger charge is -2.39. The fraction of sp³-hybridized carbons (Fsp3) is 0.900. The second-order valence-electron chi connectivity index (χ2n) is 4.39. The predicted octanol–water partition coefficient (Wildman–Crippen LogP) is 1.84. The molecule has 1 unspecified atom stereocenters. The van der Waals surface area contributed by atoms with Gasteiger partial charge in [0, 0.05) is 26.2 Å². The van der Waals surface area contributed by atoms with Gasteiger partial charge in [0.1, 0.15) is 0 Å². The number of carbonyl (C=O) groups is 1. The van der Waals surface area contributed by atoms with E-state index in [1.54, 1.807) is 0 Å². The molecule has 1 fully saturated rings. The third-order valence-corrected chi connectivity index (χ3v) is 2.94. The Hall–Kier alpha value is -1.16. The molecule has 1 aliphatic heterocycles. The van der Waals surface area contributed by atoms with Crippen molar-refractivity contribution >= 4 is 6.09 Å². The Morgan fingerprint density at radius 1 is 1.35 bits per heavy atom. The zero-order valence-electron chi connectivity index (χ0n) is 10.4. The average molecular weight is 306 g/mol. The minimum absolute atomic E-state index is 0.0372.